The van der Waals surface area contributed by atoms with E-state index in [2.05, 4.69) is 24.1 Å². The lowest BCUT2D eigenvalue weighted by atomic mass is 9.93. The second-order valence-corrected chi connectivity index (χ2v) is 8.12. The first kappa shape index (κ1) is 21.7. The molecule has 0 bridgehead atoms. The van der Waals surface area contributed by atoms with Gasteiger partial charge in [-0.15, -0.1) is 0 Å². The molecule has 0 aliphatic carbocycles. The van der Waals surface area contributed by atoms with Crippen LogP contribution < -0.4 is 10.1 Å². The van der Waals surface area contributed by atoms with E-state index in [1.54, 1.807) is 7.11 Å². The summed E-state index contributed by atoms with van der Waals surface area (Å²) >= 11 is 0. The van der Waals surface area contributed by atoms with Crippen molar-refractivity contribution >= 4 is 11.6 Å². The molecule has 5 heteroatoms. The minimum Gasteiger partial charge on any atom is -0.492 e. The molecule has 1 aromatic carbocycles. The maximum absolute atomic E-state index is 12.6. The minimum absolute atomic E-state index is 0.117. The molecule has 1 atom stereocenters. The van der Waals surface area contributed by atoms with E-state index in [4.69, 9.17) is 9.47 Å². The van der Waals surface area contributed by atoms with E-state index in [1.165, 1.54) is 38.8 Å². The molecule has 1 unspecified atom stereocenters. The van der Waals surface area contributed by atoms with E-state index >= 15 is 0 Å². The van der Waals surface area contributed by atoms with Gasteiger partial charge in [-0.05, 0) is 69.5 Å². The summed E-state index contributed by atoms with van der Waals surface area (Å²) in [6.07, 6.45) is 5.97. The predicted molar refractivity (Wildman–Crippen MR) is 110 cm³/mol. The summed E-state index contributed by atoms with van der Waals surface area (Å²) in [6.45, 7) is 10.0. The number of nitrogens with one attached hydrogen (secondary N) is 1. The topological polar surface area (TPSA) is 50.8 Å². The van der Waals surface area contributed by atoms with Gasteiger partial charge in [0.05, 0.1) is 0 Å². The Morgan fingerprint density at radius 3 is 2.33 bits per heavy atom. The fourth-order valence-electron chi connectivity index (χ4n) is 3.60. The van der Waals surface area contributed by atoms with Gasteiger partial charge in [-0.25, -0.2) is 0 Å². The molecular weight excluding hydrogens is 340 g/mol. The molecule has 1 aromatic rings. The molecule has 1 fully saturated rings. The first-order valence-corrected chi connectivity index (χ1v) is 10.2. The van der Waals surface area contributed by atoms with Gasteiger partial charge in [0.15, 0.2) is 0 Å². The molecule has 0 saturated carbocycles. The van der Waals surface area contributed by atoms with Crippen molar-refractivity contribution in [2.75, 3.05) is 38.7 Å². The van der Waals surface area contributed by atoms with Crippen molar-refractivity contribution < 1.29 is 14.3 Å². The average molecular weight is 377 g/mol. The molecular formula is C22H36N2O3. The van der Waals surface area contributed by atoms with Gasteiger partial charge in [0, 0.05) is 19.3 Å². The molecule has 1 aliphatic heterocycles. The van der Waals surface area contributed by atoms with Crippen LogP contribution in [-0.2, 0) is 9.53 Å². The Morgan fingerprint density at radius 2 is 1.78 bits per heavy atom. The normalized spacial score (nSPS) is 18.0. The number of carbonyl (C=O) groups is 1. The number of carbonyl (C=O) groups excluding carboxylic acids is 1. The summed E-state index contributed by atoms with van der Waals surface area (Å²) in [5, 5.41) is 2.95. The Hall–Kier alpha value is -1.59. The van der Waals surface area contributed by atoms with Crippen LogP contribution in [0.2, 0.25) is 0 Å². The van der Waals surface area contributed by atoms with E-state index in [-0.39, 0.29) is 5.91 Å². The van der Waals surface area contributed by atoms with Crippen molar-refractivity contribution in [3.8, 4) is 5.75 Å². The highest BCUT2D eigenvalue weighted by Crippen LogP contribution is 2.23. The number of ether oxygens (including phenoxy) is 2. The van der Waals surface area contributed by atoms with Crippen LogP contribution in [0.3, 0.4) is 0 Å². The van der Waals surface area contributed by atoms with Crippen LogP contribution >= 0.6 is 0 Å². The van der Waals surface area contributed by atoms with Gasteiger partial charge in [-0.3, -0.25) is 9.69 Å². The van der Waals surface area contributed by atoms with Crippen molar-refractivity contribution in [3.63, 3.8) is 0 Å². The van der Waals surface area contributed by atoms with Crippen molar-refractivity contribution in [2.45, 2.75) is 58.5 Å². The van der Waals surface area contributed by atoms with Crippen LogP contribution in [0.1, 0.15) is 52.9 Å². The van der Waals surface area contributed by atoms with E-state index in [1.807, 2.05) is 31.2 Å². The highest BCUT2D eigenvalue weighted by Gasteiger charge is 2.33. The summed E-state index contributed by atoms with van der Waals surface area (Å²) in [7, 11) is 1.59. The van der Waals surface area contributed by atoms with Crippen LogP contribution in [-0.4, -0.2) is 49.8 Å². The fourth-order valence-corrected chi connectivity index (χ4v) is 3.60. The molecule has 5 nitrogen and oxygen atoms in total. The molecule has 0 aromatic heterocycles. The second kappa shape index (κ2) is 10.7. The maximum Gasteiger partial charge on any atom is 0.256 e. The number of likely N-dealkylation sites (tertiary alicyclic amines) is 1. The Bertz CT molecular complexity index is 565. The standard InChI is InChI=1S/C22H36N2O3/c1-18(2)17-22(3,26-4)21(25)23-19-9-11-20(12-10-19)27-16-15-24-13-7-5-6-8-14-24/h9-12,18H,5-8,13-17H2,1-4H3,(H,23,25). The van der Waals surface area contributed by atoms with Crippen LogP contribution in [0.15, 0.2) is 24.3 Å². The predicted octanol–water partition coefficient (Wildman–Crippen LogP) is 4.33. The van der Waals surface area contributed by atoms with Gasteiger partial charge in [-0.1, -0.05) is 26.7 Å². The van der Waals surface area contributed by atoms with Crippen LogP contribution in [0, 0.1) is 5.92 Å². The van der Waals surface area contributed by atoms with E-state index in [0.717, 1.165) is 18.0 Å². The van der Waals surface area contributed by atoms with Crippen molar-refractivity contribution in [3.05, 3.63) is 24.3 Å². The Kier molecular flexibility index (Phi) is 8.58. The summed E-state index contributed by atoms with van der Waals surface area (Å²) in [6, 6.07) is 7.57. The lowest BCUT2D eigenvalue weighted by Crippen LogP contribution is -2.43. The summed E-state index contributed by atoms with van der Waals surface area (Å²) < 4.78 is 11.4. The average Bonchev–Trinajstić information content (AvgIpc) is 2.91. The van der Waals surface area contributed by atoms with Crippen LogP contribution in [0.5, 0.6) is 5.75 Å². The molecule has 1 amide bonds. The zero-order valence-electron chi connectivity index (χ0n) is 17.4. The van der Waals surface area contributed by atoms with Crippen molar-refractivity contribution in [1.29, 1.82) is 0 Å². The summed E-state index contributed by atoms with van der Waals surface area (Å²) in [5.41, 5.74) is -0.0665. The van der Waals surface area contributed by atoms with Gasteiger partial charge in [-0.2, -0.15) is 0 Å². The molecule has 0 radical (unpaired) electrons. The smallest absolute Gasteiger partial charge is 0.256 e. The van der Waals surface area contributed by atoms with Gasteiger partial charge in [0.2, 0.25) is 0 Å². The lowest BCUT2D eigenvalue weighted by Gasteiger charge is -2.28. The zero-order valence-corrected chi connectivity index (χ0v) is 17.4. The van der Waals surface area contributed by atoms with Gasteiger partial charge in [0.25, 0.3) is 5.91 Å². The van der Waals surface area contributed by atoms with E-state index in [0.29, 0.717) is 18.9 Å². The highest BCUT2D eigenvalue weighted by atomic mass is 16.5. The molecule has 0 spiro atoms. The van der Waals surface area contributed by atoms with Gasteiger partial charge < -0.3 is 14.8 Å². The van der Waals surface area contributed by atoms with Crippen LogP contribution in [0.25, 0.3) is 0 Å². The number of methoxy groups -OCH3 is 1. The molecule has 152 valence electrons. The first-order valence-electron chi connectivity index (χ1n) is 10.2. The van der Waals surface area contributed by atoms with Crippen LogP contribution in [0.4, 0.5) is 5.69 Å². The molecule has 1 saturated heterocycles. The Labute approximate surface area is 164 Å². The van der Waals surface area contributed by atoms with Crippen molar-refractivity contribution in [1.82, 2.24) is 4.90 Å². The number of benzene rings is 1. The van der Waals surface area contributed by atoms with Gasteiger partial charge >= 0.3 is 0 Å². The number of rotatable bonds is 9. The largest absolute Gasteiger partial charge is 0.492 e. The Balaban J connectivity index is 1.81. The lowest BCUT2D eigenvalue weighted by molar-refractivity contribution is -0.137. The fraction of sp³-hybridized carbons (Fsp3) is 0.682. The molecule has 1 N–H and O–H groups in total. The third-order valence-corrected chi connectivity index (χ3v) is 5.22. The zero-order chi connectivity index (χ0) is 19.7. The highest BCUT2D eigenvalue weighted by molar-refractivity contribution is 5.97. The van der Waals surface area contributed by atoms with E-state index in [9.17, 15) is 4.79 Å². The summed E-state index contributed by atoms with van der Waals surface area (Å²) in [4.78, 5) is 15.1. The monoisotopic (exact) mass is 376 g/mol. The van der Waals surface area contributed by atoms with E-state index < -0.39 is 5.60 Å². The number of hydrogen-bond acceptors (Lipinski definition) is 4. The molecule has 2 rings (SSSR count). The minimum atomic E-state index is -0.823. The molecule has 1 aliphatic rings. The first-order chi connectivity index (χ1) is 12.9. The SMILES string of the molecule is COC(C)(CC(C)C)C(=O)Nc1ccc(OCCN2CCCCCC2)cc1. The number of amides is 1. The maximum atomic E-state index is 12.6. The third-order valence-electron chi connectivity index (χ3n) is 5.22. The number of hydrogen-bond donors (Lipinski definition) is 1. The number of anilines is 1. The second-order valence-electron chi connectivity index (χ2n) is 8.12. The molecule has 27 heavy (non-hydrogen) atoms. The van der Waals surface area contributed by atoms with Gasteiger partial charge in [0.1, 0.15) is 18.0 Å². The third kappa shape index (κ3) is 7.15. The van der Waals surface area contributed by atoms with Crippen molar-refractivity contribution in [2.24, 2.45) is 5.92 Å². The molecule has 1 heterocycles. The number of nitrogens with zero attached hydrogens (tertiary/aromatic N) is 1. The quantitative estimate of drug-likeness (QED) is 0.697. The Morgan fingerprint density at radius 1 is 1.15 bits per heavy atom. The summed E-state index contributed by atoms with van der Waals surface area (Å²) in [5.74, 6) is 1.09.